The number of hydrogen-bond donors (Lipinski definition) is 1. The molecule has 1 aromatic heterocycles. The summed E-state index contributed by atoms with van der Waals surface area (Å²) in [5.41, 5.74) is -3.23. The zero-order valence-electron chi connectivity index (χ0n) is 14.8. The monoisotopic (exact) mass is 404 g/mol. The van der Waals surface area contributed by atoms with Crippen LogP contribution in [0, 0.1) is 0 Å². The van der Waals surface area contributed by atoms with Crippen LogP contribution in [0.1, 0.15) is 32.4 Å². The Hall–Kier alpha value is -2.07. The number of aromatic nitrogens is 2. The lowest BCUT2D eigenvalue weighted by Crippen LogP contribution is -2.46. The van der Waals surface area contributed by atoms with E-state index in [-0.39, 0.29) is 20.6 Å². The number of aromatic amines is 1. The predicted octanol–water partition coefficient (Wildman–Crippen LogP) is 3.50. The van der Waals surface area contributed by atoms with E-state index in [4.69, 9.17) is 0 Å². The van der Waals surface area contributed by atoms with Gasteiger partial charge in [-0.2, -0.15) is 17.5 Å². The summed E-state index contributed by atoms with van der Waals surface area (Å²) in [6, 6.07) is 6.60. The topological polar surface area (TPSA) is 69.3 Å². The summed E-state index contributed by atoms with van der Waals surface area (Å²) in [5.74, 6) is 0. The van der Waals surface area contributed by atoms with E-state index in [0.29, 0.717) is 29.3 Å². The minimum atomic E-state index is -5.42. The highest BCUT2D eigenvalue weighted by Crippen LogP contribution is 2.35. The fraction of sp³-hybridized carbons (Fsp3) is 0.471. The first-order valence-electron chi connectivity index (χ1n) is 8.62. The molecule has 0 bridgehead atoms. The molecule has 27 heavy (non-hydrogen) atoms. The molecule has 0 radical (unpaired) electrons. The third kappa shape index (κ3) is 3.96. The van der Waals surface area contributed by atoms with E-state index in [2.05, 4.69) is 9.97 Å². The van der Waals surface area contributed by atoms with Crippen molar-refractivity contribution in [3.05, 3.63) is 48.0 Å². The first-order chi connectivity index (χ1) is 12.7. The van der Waals surface area contributed by atoms with Crippen LogP contribution in [0.15, 0.2) is 36.8 Å². The summed E-state index contributed by atoms with van der Waals surface area (Å²) in [6.45, 7) is 1.80. The number of benzene rings is 1. The number of nitrogens with zero attached hydrogens (tertiary/aromatic N) is 3. The molecule has 6 nitrogen and oxygen atoms in total. The van der Waals surface area contributed by atoms with Crippen molar-refractivity contribution >= 4 is 15.7 Å². The molecule has 1 aromatic carbocycles. The SMILES string of the molecule is CCCC1CN(S(=O)(=O)C(F)(F)F)Cc2ccccc2N1Cc1cnc[nH]1.[HH]. The standard InChI is InChI=1S/C17H21F3N4O2S.H2/c1-2-5-15-11-23(27(25,26)17(18,19)20)9-13-6-3-4-7-16(13)24(15)10-14-8-21-12-22-14;/h3-4,6-8,12,15H,2,5,9-11H2,1H3,(H,21,22);1H. The number of fused-ring (bicyclic) bond motifs is 1. The number of para-hydroxylation sites is 1. The smallest absolute Gasteiger partial charge is 0.361 e. The summed E-state index contributed by atoms with van der Waals surface area (Å²) in [4.78, 5) is 8.96. The Morgan fingerprint density at radius 2 is 2.07 bits per heavy atom. The summed E-state index contributed by atoms with van der Waals surface area (Å²) >= 11 is 0. The third-order valence-electron chi connectivity index (χ3n) is 4.65. The van der Waals surface area contributed by atoms with Crippen molar-refractivity contribution in [2.24, 2.45) is 0 Å². The molecule has 0 spiro atoms. The highest BCUT2D eigenvalue weighted by molar-refractivity contribution is 7.89. The van der Waals surface area contributed by atoms with E-state index >= 15 is 0 Å². The Morgan fingerprint density at radius 3 is 2.70 bits per heavy atom. The van der Waals surface area contributed by atoms with Crippen LogP contribution in [0.2, 0.25) is 0 Å². The van der Waals surface area contributed by atoms with Crippen LogP contribution in [-0.4, -0.2) is 40.8 Å². The lowest BCUT2D eigenvalue weighted by atomic mass is 10.1. The molecule has 0 fully saturated rings. The molecule has 2 aromatic rings. The van der Waals surface area contributed by atoms with Gasteiger partial charge < -0.3 is 9.88 Å². The van der Waals surface area contributed by atoms with Gasteiger partial charge >= 0.3 is 15.5 Å². The van der Waals surface area contributed by atoms with Crippen LogP contribution in [0.3, 0.4) is 0 Å². The first kappa shape index (κ1) is 19.7. The van der Waals surface area contributed by atoms with Gasteiger partial charge in [-0.25, -0.2) is 13.4 Å². The zero-order chi connectivity index (χ0) is 19.7. The second kappa shape index (κ2) is 7.51. The molecule has 1 aliphatic heterocycles. The van der Waals surface area contributed by atoms with Gasteiger partial charge in [0.05, 0.1) is 18.6 Å². The summed E-state index contributed by atoms with van der Waals surface area (Å²) in [6.07, 6.45) is 4.47. The number of alkyl halides is 3. The van der Waals surface area contributed by atoms with Gasteiger partial charge in [-0.15, -0.1) is 0 Å². The molecule has 150 valence electrons. The minimum Gasteiger partial charge on any atom is -0.361 e. The maximum atomic E-state index is 13.2. The van der Waals surface area contributed by atoms with Crippen LogP contribution < -0.4 is 4.90 Å². The quantitative estimate of drug-likeness (QED) is 0.828. The molecule has 2 heterocycles. The average molecular weight is 404 g/mol. The van der Waals surface area contributed by atoms with Crippen molar-refractivity contribution in [1.29, 1.82) is 0 Å². The van der Waals surface area contributed by atoms with E-state index in [0.717, 1.165) is 11.4 Å². The molecule has 0 aliphatic carbocycles. The normalized spacial score (nSPS) is 19.0. The maximum absolute atomic E-state index is 13.2. The summed E-state index contributed by atoms with van der Waals surface area (Å²) in [7, 11) is -5.42. The van der Waals surface area contributed by atoms with Gasteiger partial charge in [0.2, 0.25) is 0 Å². The van der Waals surface area contributed by atoms with E-state index in [9.17, 15) is 21.6 Å². The van der Waals surface area contributed by atoms with Crippen molar-refractivity contribution < 1.29 is 23.0 Å². The molecular weight excluding hydrogens is 381 g/mol. The van der Waals surface area contributed by atoms with Crippen molar-refractivity contribution in [1.82, 2.24) is 14.3 Å². The molecule has 10 heteroatoms. The molecule has 1 aliphatic rings. The fourth-order valence-electron chi connectivity index (χ4n) is 3.39. The molecule has 3 rings (SSSR count). The predicted molar refractivity (Wildman–Crippen MR) is 97.4 cm³/mol. The second-order valence-corrected chi connectivity index (χ2v) is 8.45. The van der Waals surface area contributed by atoms with Gasteiger partial charge in [0.15, 0.2) is 0 Å². The second-order valence-electron chi connectivity index (χ2n) is 6.52. The van der Waals surface area contributed by atoms with Crippen molar-refractivity contribution in [3.63, 3.8) is 0 Å². The third-order valence-corrected chi connectivity index (χ3v) is 6.20. The van der Waals surface area contributed by atoms with Crippen LogP contribution in [-0.2, 0) is 23.1 Å². The first-order valence-corrected chi connectivity index (χ1v) is 10.1. The zero-order valence-corrected chi connectivity index (χ0v) is 15.6. The van der Waals surface area contributed by atoms with E-state index in [1.807, 2.05) is 17.9 Å². The molecule has 1 unspecified atom stereocenters. The number of halogens is 3. The molecule has 0 saturated carbocycles. The maximum Gasteiger partial charge on any atom is 0.511 e. The molecular formula is C17H23F3N4O2S. The molecule has 0 saturated heterocycles. The Balaban J connectivity index is 0.00000280. The Labute approximate surface area is 157 Å². The highest BCUT2D eigenvalue weighted by Gasteiger charge is 2.51. The Morgan fingerprint density at radius 1 is 1.33 bits per heavy atom. The highest BCUT2D eigenvalue weighted by atomic mass is 32.2. The number of nitrogens with one attached hydrogen (secondary N) is 1. The minimum absolute atomic E-state index is 0. The van der Waals surface area contributed by atoms with Crippen molar-refractivity contribution in [3.8, 4) is 0 Å². The van der Waals surface area contributed by atoms with Crippen LogP contribution in [0.4, 0.5) is 18.9 Å². The summed E-state index contributed by atoms with van der Waals surface area (Å²) < 4.78 is 64.3. The lowest BCUT2D eigenvalue weighted by Gasteiger charge is -2.33. The van der Waals surface area contributed by atoms with Gasteiger partial charge in [-0.3, -0.25) is 0 Å². The van der Waals surface area contributed by atoms with Crippen molar-refractivity contribution in [2.45, 2.75) is 44.4 Å². The van der Waals surface area contributed by atoms with Gasteiger partial charge in [-0.1, -0.05) is 31.5 Å². The van der Waals surface area contributed by atoms with E-state index < -0.39 is 15.5 Å². The van der Waals surface area contributed by atoms with Gasteiger partial charge in [0, 0.05) is 32.4 Å². The molecule has 0 amide bonds. The number of hydrogen-bond acceptors (Lipinski definition) is 4. The summed E-state index contributed by atoms with van der Waals surface area (Å²) in [5, 5.41) is 0. The fourth-order valence-corrected chi connectivity index (χ4v) is 4.36. The average Bonchev–Trinajstić information content (AvgIpc) is 3.06. The van der Waals surface area contributed by atoms with Crippen molar-refractivity contribution in [2.75, 3.05) is 11.4 Å². The largest absolute Gasteiger partial charge is 0.511 e. The Bertz CT molecular complexity index is 875. The Kier molecular flexibility index (Phi) is 5.48. The van der Waals surface area contributed by atoms with Crippen LogP contribution in [0.5, 0.6) is 0 Å². The van der Waals surface area contributed by atoms with E-state index in [1.165, 1.54) is 6.33 Å². The van der Waals surface area contributed by atoms with Crippen LogP contribution in [0.25, 0.3) is 0 Å². The lowest BCUT2D eigenvalue weighted by molar-refractivity contribution is -0.0492. The number of sulfonamides is 1. The van der Waals surface area contributed by atoms with Gasteiger partial charge in [-0.05, 0) is 18.1 Å². The number of imidazole rings is 1. The van der Waals surface area contributed by atoms with E-state index in [1.54, 1.807) is 24.4 Å². The number of rotatable bonds is 5. The van der Waals surface area contributed by atoms with Crippen LogP contribution >= 0.6 is 0 Å². The molecule has 1 atom stereocenters. The van der Waals surface area contributed by atoms with Gasteiger partial charge in [0.25, 0.3) is 0 Å². The number of H-pyrrole nitrogens is 1. The number of anilines is 1. The van der Waals surface area contributed by atoms with Gasteiger partial charge in [0.1, 0.15) is 0 Å². The molecule has 1 N–H and O–H groups in total.